The number of methoxy groups -OCH3 is 1. The normalized spacial score (nSPS) is 11.3. The Bertz CT molecular complexity index is 839. The fourth-order valence-electron chi connectivity index (χ4n) is 2.27. The lowest BCUT2D eigenvalue weighted by molar-refractivity contribution is 0.415. The van der Waals surface area contributed by atoms with Crippen molar-refractivity contribution < 1.29 is 4.74 Å². The van der Waals surface area contributed by atoms with Crippen LogP contribution in [0.2, 0.25) is 0 Å². The maximum Gasteiger partial charge on any atom is 0.119 e. The SMILES string of the molecule is C#CC(=Cc1cccnc1)c1c[nH]c2ccc(OC)cc12. The lowest BCUT2D eigenvalue weighted by Crippen LogP contribution is -1.84. The van der Waals surface area contributed by atoms with Crippen LogP contribution in [0.1, 0.15) is 11.1 Å². The largest absolute Gasteiger partial charge is 0.497 e. The molecule has 0 aliphatic rings. The molecule has 21 heavy (non-hydrogen) atoms. The number of ether oxygens (including phenoxy) is 1. The highest BCUT2D eigenvalue weighted by Crippen LogP contribution is 2.29. The zero-order valence-electron chi connectivity index (χ0n) is 11.6. The molecule has 3 nitrogen and oxygen atoms in total. The molecule has 3 aromatic rings. The molecule has 0 radical (unpaired) electrons. The number of aromatic nitrogens is 2. The number of hydrogen-bond acceptors (Lipinski definition) is 2. The van der Waals surface area contributed by atoms with Crippen molar-refractivity contribution in [2.75, 3.05) is 7.11 Å². The molecule has 0 saturated heterocycles. The molecule has 0 atom stereocenters. The molecule has 2 aromatic heterocycles. The van der Waals surface area contributed by atoms with Crippen molar-refractivity contribution in [3.05, 3.63) is 60.0 Å². The molecule has 0 spiro atoms. The number of terminal acetylenes is 1. The van der Waals surface area contributed by atoms with Crippen molar-refractivity contribution in [3.63, 3.8) is 0 Å². The predicted molar refractivity (Wildman–Crippen MR) is 85.8 cm³/mol. The predicted octanol–water partition coefficient (Wildman–Crippen LogP) is 3.75. The number of fused-ring (bicyclic) bond motifs is 1. The summed E-state index contributed by atoms with van der Waals surface area (Å²) >= 11 is 0. The minimum atomic E-state index is 0.807. The molecular formula is C18H14N2O. The van der Waals surface area contributed by atoms with E-state index < -0.39 is 0 Å². The molecule has 1 aromatic carbocycles. The molecule has 0 aliphatic heterocycles. The van der Waals surface area contributed by atoms with Gasteiger partial charge in [0.25, 0.3) is 0 Å². The average molecular weight is 274 g/mol. The second-order valence-corrected chi connectivity index (χ2v) is 4.60. The minimum Gasteiger partial charge on any atom is -0.497 e. The van der Waals surface area contributed by atoms with Crippen LogP contribution in [0.3, 0.4) is 0 Å². The topological polar surface area (TPSA) is 37.9 Å². The van der Waals surface area contributed by atoms with Gasteiger partial charge in [-0.25, -0.2) is 0 Å². The van der Waals surface area contributed by atoms with E-state index >= 15 is 0 Å². The standard InChI is InChI=1S/C18H14N2O/c1-3-14(9-13-5-4-8-19-11-13)17-12-20-18-7-6-15(21-2)10-16(17)18/h1,4-12,20H,2H3. The van der Waals surface area contributed by atoms with Gasteiger partial charge in [-0.3, -0.25) is 4.98 Å². The number of nitrogens with one attached hydrogen (secondary N) is 1. The maximum absolute atomic E-state index is 5.69. The van der Waals surface area contributed by atoms with Crippen LogP contribution in [0.15, 0.2) is 48.9 Å². The summed E-state index contributed by atoms with van der Waals surface area (Å²) in [4.78, 5) is 7.33. The van der Waals surface area contributed by atoms with Gasteiger partial charge in [0, 0.05) is 40.6 Å². The number of nitrogens with zero attached hydrogens (tertiary/aromatic N) is 1. The molecule has 0 unspecified atom stereocenters. The van der Waals surface area contributed by atoms with E-state index in [0.717, 1.165) is 33.4 Å². The third kappa shape index (κ3) is 2.52. The number of allylic oxidation sites excluding steroid dienone is 1. The van der Waals surface area contributed by atoms with Crippen LogP contribution in [0, 0.1) is 12.3 Å². The highest BCUT2D eigenvalue weighted by molar-refractivity contribution is 6.02. The van der Waals surface area contributed by atoms with Crippen LogP contribution in [0.25, 0.3) is 22.6 Å². The molecule has 3 heteroatoms. The van der Waals surface area contributed by atoms with Crippen molar-refractivity contribution in [2.24, 2.45) is 0 Å². The Morgan fingerprint density at radius 3 is 3.00 bits per heavy atom. The van der Waals surface area contributed by atoms with E-state index in [-0.39, 0.29) is 0 Å². The van der Waals surface area contributed by atoms with E-state index in [1.165, 1.54) is 0 Å². The van der Waals surface area contributed by atoms with E-state index in [1.54, 1.807) is 19.5 Å². The number of rotatable bonds is 3. The van der Waals surface area contributed by atoms with Gasteiger partial charge in [-0.15, -0.1) is 6.42 Å². The van der Waals surface area contributed by atoms with E-state index in [2.05, 4.69) is 15.9 Å². The van der Waals surface area contributed by atoms with Gasteiger partial charge >= 0.3 is 0 Å². The first kappa shape index (κ1) is 13.0. The summed E-state index contributed by atoms with van der Waals surface area (Å²) in [6.45, 7) is 0. The van der Waals surface area contributed by atoms with Crippen LogP contribution in [0.4, 0.5) is 0 Å². The lowest BCUT2D eigenvalue weighted by Gasteiger charge is -2.02. The second kappa shape index (κ2) is 5.56. The van der Waals surface area contributed by atoms with Crippen LogP contribution in [0.5, 0.6) is 5.75 Å². The van der Waals surface area contributed by atoms with Crippen molar-refractivity contribution in [1.29, 1.82) is 0 Å². The number of H-pyrrole nitrogens is 1. The maximum atomic E-state index is 5.69. The van der Waals surface area contributed by atoms with Gasteiger partial charge in [0.15, 0.2) is 0 Å². The first-order valence-corrected chi connectivity index (χ1v) is 6.55. The van der Waals surface area contributed by atoms with Crippen molar-refractivity contribution in [1.82, 2.24) is 9.97 Å². The fraction of sp³-hybridized carbons (Fsp3) is 0.0556. The summed E-state index contributed by atoms with van der Waals surface area (Å²) in [7, 11) is 1.65. The van der Waals surface area contributed by atoms with Crippen molar-refractivity contribution >= 4 is 22.6 Å². The van der Waals surface area contributed by atoms with Crippen molar-refractivity contribution in [3.8, 4) is 18.1 Å². The molecule has 2 heterocycles. The monoisotopic (exact) mass is 274 g/mol. The summed E-state index contributed by atoms with van der Waals surface area (Å²) in [5, 5.41) is 1.04. The van der Waals surface area contributed by atoms with Crippen molar-refractivity contribution in [2.45, 2.75) is 0 Å². The van der Waals surface area contributed by atoms with Gasteiger partial charge in [0.1, 0.15) is 5.75 Å². The third-order valence-electron chi connectivity index (χ3n) is 3.33. The van der Waals surface area contributed by atoms with E-state index in [9.17, 15) is 0 Å². The molecule has 0 bridgehead atoms. The summed E-state index contributed by atoms with van der Waals surface area (Å²) in [6.07, 6.45) is 13.1. The van der Waals surface area contributed by atoms with Gasteiger partial charge in [0.2, 0.25) is 0 Å². The Labute approximate surface area is 123 Å². The van der Waals surface area contributed by atoms with Gasteiger partial charge in [-0.05, 0) is 35.9 Å². The Balaban J connectivity index is 2.14. The number of pyridine rings is 1. The van der Waals surface area contributed by atoms with Crippen LogP contribution < -0.4 is 4.74 Å². The molecule has 0 aliphatic carbocycles. The Hall–Kier alpha value is -2.99. The first-order chi connectivity index (χ1) is 10.3. The Morgan fingerprint density at radius 1 is 1.38 bits per heavy atom. The summed E-state index contributed by atoms with van der Waals surface area (Å²) in [5.74, 6) is 3.56. The first-order valence-electron chi connectivity index (χ1n) is 6.55. The number of benzene rings is 1. The summed E-state index contributed by atoms with van der Waals surface area (Å²) < 4.78 is 5.28. The number of hydrogen-bond donors (Lipinski definition) is 1. The molecule has 0 amide bonds. The Morgan fingerprint density at radius 2 is 2.29 bits per heavy atom. The van der Waals surface area contributed by atoms with Crippen LogP contribution in [-0.2, 0) is 0 Å². The van der Waals surface area contributed by atoms with Gasteiger partial charge < -0.3 is 9.72 Å². The van der Waals surface area contributed by atoms with E-state index in [4.69, 9.17) is 11.2 Å². The van der Waals surface area contributed by atoms with E-state index in [1.807, 2.05) is 42.6 Å². The highest BCUT2D eigenvalue weighted by atomic mass is 16.5. The van der Waals surface area contributed by atoms with Crippen LogP contribution in [-0.4, -0.2) is 17.1 Å². The lowest BCUT2D eigenvalue weighted by atomic mass is 10.0. The summed E-state index contributed by atoms with van der Waals surface area (Å²) in [6, 6.07) is 9.74. The quantitative estimate of drug-likeness (QED) is 0.739. The zero-order chi connectivity index (χ0) is 14.7. The second-order valence-electron chi connectivity index (χ2n) is 4.60. The zero-order valence-corrected chi connectivity index (χ0v) is 11.6. The summed E-state index contributed by atoms with van der Waals surface area (Å²) in [5.41, 5.74) is 3.79. The number of aromatic amines is 1. The molecule has 3 rings (SSSR count). The Kier molecular flexibility index (Phi) is 3.44. The molecule has 0 fully saturated rings. The minimum absolute atomic E-state index is 0.807. The van der Waals surface area contributed by atoms with Gasteiger partial charge in [0.05, 0.1) is 7.11 Å². The van der Waals surface area contributed by atoms with Crippen LogP contribution >= 0.6 is 0 Å². The third-order valence-corrected chi connectivity index (χ3v) is 3.33. The fourth-order valence-corrected chi connectivity index (χ4v) is 2.27. The molecule has 1 N–H and O–H groups in total. The molecule has 0 saturated carbocycles. The molecule has 102 valence electrons. The highest BCUT2D eigenvalue weighted by Gasteiger charge is 2.08. The molecular weight excluding hydrogens is 260 g/mol. The van der Waals surface area contributed by atoms with E-state index in [0.29, 0.717) is 0 Å². The van der Waals surface area contributed by atoms with Gasteiger partial charge in [-0.2, -0.15) is 0 Å². The van der Waals surface area contributed by atoms with Gasteiger partial charge in [-0.1, -0.05) is 12.0 Å². The smallest absolute Gasteiger partial charge is 0.119 e. The average Bonchev–Trinajstić information content (AvgIpc) is 2.96.